The molecule has 0 heterocycles. The minimum atomic E-state index is -0.398. The van der Waals surface area contributed by atoms with Crippen LogP contribution in [0.3, 0.4) is 0 Å². The summed E-state index contributed by atoms with van der Waals surface area (Å²) in [6, 6.07) is 4.36. The van der Waals surface area contributed by atoms with E-state index in [2.05, 4.69) is 10.6 Å². The van der Waals surface area contributed by atoms with Crippen molar-refractivity contribution < 1.29 is 14.0 Å². The molecular formula is C17H27FN4O2. The van der Waals surface area contributed by atoms with Crippen molar-refractivity contribution >= 4 is 23.3 Å². The molecule has 0 aliphatic rings. The summed E-state index contributed by atoms with van der Waals surface area (Å²) >= 11 is 0. The van der Waals surface area contributed by atoms with E-state index in [-0.39, 0.29) is 24.4 Å². The first-order valence-corrected chi connectivity index (χ1v) is 7.93. The van der Waals surface area contributed by atoms with Crippen LogP contribution in [0.2, 0.25) is 0 Å². The topological polar surface area (TPSA) is 64.7 Å². The Hall–Kier alpha value is -2.31. The Kier molecular flexibility index (Phi) is 7.00. The molecule has 0 bridgehead atoms. The van der Waals surface area contributed by atoms with Crippen LogP contribution in [0.25, 0.3) is 0 Å². The smallest absolute Gasteiger partial charge is 0.321 e. The van der Waals surface area contributed by atoms with E-state index in [1.54, 1.807) is 33.2 Å². The maximum atomic E-state index is 14.2. The fraction of sp³-hybridized carbons (Fsp3) is 0.529. The van der Waals surface area contributed by atoms with E-state index >= 15 is 0 Å². The zero-order valence-corrected chi connectivity index (χ0v) is 15.2. The summed E-state index contributed by atoms with van der Waals surface area (Å²) in [5.41, 5.74) is 0.849. The van der Waals surface area contributed by atoms with Crippen molar-refractivity contribution in [1.82, 2.24) is 10.2 Å². The summed E-state index contributed by atoms with van der Waals surface area (Å²) in [4.78, 5) is 26.9. The molecule has 0 spiro atoms. The number of carbonyl (C=O) groups is 2. The molecule has 2 N–H and O–H groups in total. The lowest BCUT2D eigenvalue weighted by molar-refractivity contribution is -0.124. The molecule has 0 fully saturated rings. The van der Waals surface area contributed by atoms with Gasteiger partial charge in [-0.15, -0.1) is 0 Å². The van der Waals surface area contributed by atoms with Gasteiger partial charge in [-0.1, -0.05) is 6.92 Å². The van der Waals surface area contributed by atoms with Gasteiger partial charge in [-0.2, -0.15) is 0 Å². The number of nitrogens with zero attached hydrogens (tertiary/aromatic N) is 2. The number of hydrogen-bond acceptors (Lipinski definition) is 3. The third-order valence-corrected chi connectivity index (χ3v) is 3.94. The molecular weight excluding hydrogens is 311 g/mol. The Balaban J connectivity index is 2.74. The molecule has 134 valence electrons. The number of urea groups is 1. The predicted molar refractivity (Wildman–Crippen MR) is 94.8 cm³/mol. The standard InChI is InChI=1S/C17H27FN4O2/c1-11(2)22(6)15-8-7-13(9-14(15)18)20-17(24)21(5)10-12(3)16(23)19-4/h7-9,11-12H,10H2,1-6H3,(H,19,23)(H,20,24). The van der Waals surface area contributed by atoms with Crippen LogP contribution in [0.5, 0.6) is 0 Å². The van der Waals surface area contributed by atoms with Crippen LogP contribution < -0.4 is 15.5 Å². The third kappa shape index (κ3) is 5.11. The average molecular weight is 338 g/mol. The highest BCUT2D eigenvalue weighted by molar-refractivity contribution is 5.90. The number of carbonyl (C=O) groups excluding carboxylic acids is 2. The lowest BCUT2D eigenvalue weighted by atomic mass is 10.1. The summed E-state index contributed by atoms with van der Waals surface area (Å²) in [5, 5.41) is 5.18. The van der Waals surface area contributed by atoms with Crippen LogP contribution in [-0.2, 0) is 4.79 Å². The number of benzene rings is 1. The Labute approximate surface area is 143 Å². The number of hydrogen-bond donors (Lipinski definition) is 2. The van der Waals surface area contributed by atoms with Gasteiger partial charge >= 0.3 is 6.03 Å². The molecule has 1 aromatic carbocycles. The molecule has 1 rings (SSSR count). The monoisotopic (exact) mass is 338 g/mol. The summed E-state index contributed by atoms with van der Waals surface area (Å²) in [5.74, 6) is -0.864. The minimum absolute atomic E-state index is 0.137. The quantitative estimate of drug-likeness (QED) is 0.838. The first kappa shape index (κ1) is 19.7. The van der Waals surface area contributed by atoms with Crippen LogP contribution in [-0.4, -0.2) is 50.6 Å². The molecule has 1 aromatic rings. The van der Waals surface area contributed by atoms with Crippen LogP contribution in [0.4, 0.5) is 20.6 Å². The Morgan fingerprint density at radius 1 is 1.21 bits per heavy atom. The maximum absolute atomic E-state index is 14.2. The summed E-state index contributed by atoms with van der Waals surface area (Å²) in [6.07, 6.45) is 0. The fourth-order valence-corrected chi connectivity index (χ4v) is 2.19. The Morgan fingerprint density at radius 2 is 1.83 bits per heavy atom. The van der Waals surface area contributed by atoms with Crippen molar-refractivity contribution in [2.45, 2.75) is 26.8 Å². The molecule has 0 radical (unpaired) electrons. The van der Waals surface area contributed by atoms with E-state index in [9.17, 15) is 14.0 Å². The molecule has 3 amide bonds. The van der Waals surface area contributed by atoms with E-state index in [1.165, 1.54) is 11.0 Å². The van der Waals surface area contributed by atoms with Crippen LogP contribution in [0, 0.1) is 11.7 Å². The SMILES string of the molecule is CNC(=O)C(C)CN(C)C(=O)Nc1ccc(N(C)C(C)C)c(F)c1. The van der Waals surface area contributed by atoms with Crippen molar-refractivity contribution in [2.75, 3.05) is 37.9 Å². The lowest BCUT2D eigenvalue weighted by Crippen LogP contribution is -2.39. The molecule has 0 saturated carbocycles. The number of anilines is 2. The van der Waals surface area contributed by atoms with Gasteiger partial charge in [0.15, 0.2) is 0 Å². The zero-order valence-electron chi connectivity index (χ0n) is 15.2. The van der Waals surface area contributed by atoms with Crippen molar-refractivity contribution in [3.63, 3.8) is 0 Å². The molecule has 0 aliphatic heterocycles. The molecule has 1 unspecified atom stereocenters. The molecule has 24 heavy (non-hydrogen) atoms. The second-order valence-electron chi connectivity index (χ2n) is 6.20. The largest absolute Gasteiger partial charge is 0.370 e. The van der Waals surface area contributed by atoms with Gasteiger partial charge in [-0.05, 0) is 32.0 Å². The molecule has 7 heteroatoms. The predicted octanol–water partition coefficient (Wildman–Crippen LogP) is 2.52. The van der Waals surface area contributed by atoms with Crippen LogP contribution >= 0.6 is 0 Å². The fourth-order valence-electron chi connectivity index (χ4n) is 2.19. The van der Waals surface area contributed by atoms with Crippen molar-refractivity contribution in [2.24, 2.45) is 5.92 Å². The van der Waals surface area contributed by atoms with Gasteiger partial charge in [0.1, 0.15) is 5.82 Å². The van der Waals surface area contributed by atoms with Gasteiger partial charge < -0.3 is 20.4 Å². The van der Waals surface area contributed by atoms with Gasteiger partial charge in [-0.25, -0.2) is 9.18 Å². The first-order valence-electron chi connectivity index (χ1n) is 7.93. The van der Waals surface area contributed by atoms with Crippen molar-refractivity contribution in [3.8, 4) is 0 Å². The molecule has 6 nitrogen and oxygen atoms in total. The van der Waals surface area contributed by atoms with Crippen LogP contribution in [0.15, 0.2) is 18.2 Å². The minimum Gasteiger partial charge on any atom is -0.370 e. The second-order valence-corrected chi connectivity index (χ2v) is 6.20. The number of amides is 3. The summed E-state index contributed by atoms with van der Waals surface area (Å²) in [7, 11) is 4.96. The van der Waals surface area contributed by atoms with E-state index in [4.69, 9.17) is 0 Å². The van der Waals surface area contributed by atoms with E-state index in [0.29, 0.717) is 11.4 Å². The van der Waals surface area contributed by atoms with Gasteiger partial charge in [0, 0.05) is 39.4 Å². The molecule has 0 saturated heterocycles. The summed E-state index contributed by atoms with van der Waals surface area (Å²) in [6.45, 7) is 5.94. The third-order valence-electron chi connectivity index (χ3n) is 3.94. The van der Waals surface area contributed by atoms with Gasteiger partial charge in [-0.3, -0.25) is 4.79 Å². The molecule has 1 atom stereocenters. The Bertz CT molecular complexity index is 592. The van der Waals surface area contributed by atoms with Crippen LogP contribution in [0.1, 0.15) is 20.8 Å². The van der Waals surface area contributed by atoms with E-state index in [0.717, 1.165) is 0 Å². The molecule has 0 aromatic heterocycles. The van der Waals surface area contributed by atoms with Crippen molar-refractivity contribution in [3.05, 3.63) is 24.0 Å². The maximum Gasteiger partial charge on any atom is 0.321 e. The normalized spacial score (nSPS) is 11.8. The van der Waals surface area contributed by atoms with Crippen molar-refractivity contribution in [1.29, 1.82) is 0 Å². The highest BCUT2D eigenvalue weighted by atomic mass is 19.1. The number of rotatable bonds is 6. The summed E-state index contributed by atoms with van der Waals surface area (Å²) < 4.78 is 14.2. The van der Waals surface area contributed by atoms with E-state index < -0.39 is 11.8 Å². The lowest BCUT2D eigenvalue weighted by Gasteiger charge is -2.25. The highest BCUT2D eigenvalue weighted by Crippen LogP contribution is 2.23. The van der Waals surface area contributed by atoms with Gasteiger partial charge in [0.05, 0.1) is 11.6 Å². The average Bonchev–Trinajstić information content (AvgIpc) is 2.53. The Morgan fingerprint density at radius 3 is 2.33 bits per heavy atom. The zero-order chi connectivity index (χ0) is 18.4. The van der Waals surface area contributed by atoms with E-state index in [1.807, 2.05) is 25.8 Å². The number of nitrogens with one attached hydrogen (secondary N) is 2. The molecule has 0 aliphatic carbocycles. The second kappa shape index (κ2) is 8.52. The van der Waals surface area contributed by atoms with Gasteiger partial charge in [0.2, 0.25) is 5.91 Å². The highest BCUT2D eigenvalue weighted by Gasteiger charge is 2.18. The number of halogens is 1. The first-order chi connectivity index (χ1) is 11.2. The van der Waals surface area contributed by atoms with Gasteiger partial charge in [0.25, 0.3) is 0 Å².